The molecule has 1 atom stereocenters. The van der Waals surface area contributed by atoms with Crippen molar-refractivity contribution in [2.75, 3.05) is 6.61 Å². The van der Waals surface area contributed by atoms with Crippen molar-refractivity contribution in [3.8, 4) is 11.1 Å². The molecule has 0 spiro atoms. The van der Waals surface area contributed by atoms with Crippen LogP contribution >= 0.6 is 11.3 Å². The predicted molar refractivity (Wildman–Crippen MR) is 117 cm³/mol. The highest BCUT2D eigenvalue weighted by Crippen LogP contribution is 2.44. The van der Waals surface area contributed by atoms with Gasteiger partial charge in [0.15, 0.2) is 0 Å². The second-order valence-corrected chi connectivity index (χ2v) is 8.81. The van der Waals surface area contributed by atoms with E-state index < -0.39 is 18.1 Å². The molecular formula is C24H23NO4S. The second kappa shape index (κ2) is 8.32. The quantitative estimate of drug-likeness (QED) is 0.557. The molecule has 1 heterocycles. The normalized spacial score (nSPS) is 13.4. The molecule has 0 aliphatic heterocycles. The van der Waals surface area contributed by atoms with Crippen molar-refractivity contribution in [2.24, 2.45) is 0 Å². The number of rotatable bonds is 6. The van der Waals surface area contributed by atoms with Gasteiger partial charge < -0.3 is 15.2 Å². The Hall–Kier alpha value is -3.12. The van der Waals surface area contributed by atoms with E-state index in [0.717, 1.165) is 37.6 Å². The van der Waals surface area contributed by atoms with Gasteiger partial charge in [-0.05, 0) is 47.7 Å². The summed E-state index contributed by atoms with van der Waals surface area (Å²) in [7, 11) is 0. The van der Waals surface area contributed by atoms with E-state index in [1.807, 2.05) is 44.2 Å². The van der Waals surface area contributed by atoms with Gasteiger partial charge in [-0.1, -0.05) is 48.5 Å². The van der Waals surface area contributed by atoms with Gasteiger partial charge >= 0.3 is 12.1 Å². The van der Waals surface area contributed by atoms with Crippen molar-refractivity contribution in [1.82, 2.24) is 5.32 Å². The topological polar surface area (TPSA) is 75.6 Å². The number of carboxylic acids is 1. The summed E-state index contributed by atoms with van der Waals surface area (Å²) in [5, 5.41) is 12.0. The Bertz CT molecular complexity index is 1060. The Morgan fingerprint density at radius 2 is 1.67 bits per heavy atom. The second-order valence-electron chi connectivity index (χ2n) is 7.52. The monoisotopic (exact) mass is 421 g/mol. The van der Waals surface area contributed by atoms with Crippen LogP contribution in [-0.4, -0.2) is 23.8 Å². The predicted octanol–water partition coefficient (Wildman–Crippen LogP) is 5.42. The van der Waals surface area contributed by atoms with Crippen LogP contribution in [0.2, 0.25) is 0 Å². The smallest absolute Gasteiger partial charge is 0.407 e. The largest absolute Gasteiger partial charge is 0.481 e. The molecule has 154 valence electrons. The molecule has 2 aromatic carbocycles. The maximum atomic E-state index is 12.6. The Kier molecular flexibility index (Phi) is 5.59. The van der Waals surface area contributed by atoms with Crippen molar-refractivity contribution in [1.29, 1.82) is 0 Å². The van der Waals surface area contributed by atoms with E-state index in [9.17, 15) is 14.7 Å². The average molecular weight is 422 g/mol. The van der Waals surface area contributed by atoms with Crippen LogP contribution in [0.3, 0.4) is 0 Å². The molecule has 3 aromatic rings. The van der Waals surface area contributed by atoms with Gasteiger partial charge in [0.1, 0.15) is 6.61 Å². The van der Waals surface area contributed by atoms with Crippen LogP contribution in [0.1, 0.15) is 44.8 Å². The van der Waals surface area contributed by atoms with E-state index in [0.29, 0.717) is 0 Å². The molecule has 0 saturated carbocycles. The average Bonchev–Trinajstić information content (AvgIpc) is 3.22. The van der Waals surface area contributed by atoms with E-state index in [4.69, 9.17) is 4.74 Å². The minimum atomic E-state index is -0.968. The molecule has 0 unspecified atom stereocenters. The van der Waals surface area contributed by atoms with E-state index in [2.05, 4.69) is 29.6 Å². The molecule has 0 bridgehead atoms. The van der Waals surface area contributed by atoms with Crippen molar-refractivity contribution < 1.29 is 19.4 Å². The number of hydrogen-bond donors (Lipinski definition) is 2. The summed E-state index contributed by atoms with van der Waals surface area (Å²) in [4.78, 5) is 25.8. The highest BCUT2D eigenvalue weighted by atomic mass is 32.1. The van der Waals surface area contributed by atoms with Crippen LogP contribution in [-0.2, 0) is 9.53 Å². The van der Waals surface area contributed by atoms with Gasteiger partial charge in [0.05, 0.1) is 12.5 Å². The third-order valence-corrected chi connectivity index (χ3v) is 6.68. The number of carboxylic acid groups (broad SMARTS) is 1. The lowest BCUT2D eigenvalue weighted by atomic mass is 9.98. The van der Waals surface area contributed by atoms with Gasteiger partial charge in [-0.2, -0.15) is 0 Å². The summed E-state index contributed by atoms with van der Waals surface area (Å²) in [5.41, 5.74) is 5.57. The first-order valence-electron chi connectivity index (χ1n) is 9.84. The highest BCUT2D eigenvalue weighted by Gasteiger charge is 2.29. The fraction of sp³-hybridized carbons (Fsp3) is 0.250. The number of fused-ring (bicyclic) bond motifs is 3. The zero-order chi connectivity index (χ0) is 21.3. The number of aliphatic carboxylic acids is 1. The van der Waals surface area contributed by atoms with Crippen molar-refractivity contribution in [3.63, 3.8) is 0 Å². The number of alkyl carbamates (subject to hydrolysis) is 1. The zero-order valence-corrected chi connectivity index (χ0v) is 17.7. The summed E-state index contributed by atoms with van der Waals surface area (Å²) in [6.45, 7) is 4.08. The van der Waals surface area contributed by atoms with Crippen molar-refractivity contribution >= 4 is 23.4 Å². The first kappa shape index (κ1) is 20.2. The number of amides is 1. The third kappa shape index (κ3) is 3.96. The highest BCUT2D eigenvalue weighted by molar-refractivity contribution is 7.12. The lowest BCUT2D eigenvalue weighted by Gasteiger charge is -2.19. The van der Waals surface area contributed by atoms with Gasteiger partial charge in [0.25, 0.3) is 0 Å². The number of benzene rings is 2. The molecule has 6 heteroatoms. The zero-order valence-electron chi connectivity index (χ0n) is 16.8. The molecule has 5 nitrogen and oxygen atoms in total. The van der Waals surface area contributed by atoms with Crippen LogP contribution in [0.5, 0.6) is 0 Å². The van der Waals surface area contributed by atoms with E-state index in [1.54, 1.807) is 0 Å². The third-order valence-electron chi connectivity index (χ3n) is 5.41. The lowest BCUT2D eigenvalue weighted by molar-refractivity contribution is -0.137. The lowest BCUT2D eigenvalue weighted by Crippen LogP contribution is -2.31. The molecule has 30 heavy (non-hydrogen) atoms. The number of aryl methyl sites for hydroxylation is 2. The van der Waals surface area contributed by atoms with E-state index >= 15 is 0 Å². The Morgan fingerprint density at radius 1 is 1.07 bits per heavy atom. The molecule has 1 aliphatic carbocycles. The number of nitrogens with one attached hydrogen (secondary N) is 1. The number of hydrogen-bond acceptors (Lipinski definition) is 4. The number of carbonyl (C=O) groups excluding carboxylic acids is 1. The van der Waals surface area contributed by atoms with Gasteiger partial charge in [-0.3, -0.25) is 4.79 Å². The van der Waals surface area contributed by atoms with Gasteiger partial charge in [0.2, 0.25) is 0 Å². The summed E-state index contributed by atoms with van der Waals surface area (Å²) >= 11 is 1.50. The molecule has 4 rings (SSSR count). The Morgan fingerprint density at radius 3 is 2.20 bits per heavy atom. The molecule has 1 amide bonds. The number of thiophene rings is 1. The van der Waals surface area contributed by atoms with E-state index in [1.165, 1.54) is 11.3 Å². The Labute approximate surface area is 179 Å². The standard InChI is InChI=1S/C24H23NO4S/c1-14-11-15(2)30-23(14)21(12-22(26)27)25-24(28)29-13-20-18-9-5-3-7-16(18)17-8-4-6-10-19(17)20/h3-11,20-21H,12-13H2,1-2H3,(H,25,28)(H,26,27)/t21-/m0/s1. The van der Waals surface area contributed by atoms with Crippen molar-refractivity contribution in [3.05, 3.63) is 81.0 Å². The van der Waals surface area contributed by atoms with Crippen LogP contribution in [0.25, 0.3) is 11.1 Å². The summed E-state index contributed by atoms with van der Waals surface area (Å²) in [6.07, 6.45) is -0.793. The molecule has 0 saturated heterocycles. The van der Waals surface area contributed by atoms with Gasteiger partial charge in [-0.15, -0.1) is 11.3 Å². The molecule has 0 radical (unpaired) electrons. The molecule has 2 N–H and O–H groups in total. The molecule has 0 fully saturated rings. The minimum Gasteiger partial charge on any atom is -0.481 e. The summed E-state index contributed by atoms with van der Waals surface area (Å²) in [6, 6.07) is 17.7. The molecule has 1 aliphatic rings. The summed E-state index contributed by atoms with van der Waals surface area (Å²) < 4.78 is 5.58. The van der Waals surface area contributed by atoms with E-state index in [-0.39, 0.29) is 18.9 Å². The SMILES string of the molecule is Cc1cc(C)c([C@H](CC(=O)O)NC(=O)OCC2c3ccccc3-c3ccccc32)s1. The maximum Gasteiger partial charge on any atom is 0.407 e. The number of carbonyl (C=O) groups is 2. The Balaban J connectivity index is 1.49. The van der Waals surface area contributed by atoms with Crippen LogP contribution < -0.4 is 5.32 Å². The maximum absolute atomic E-state index is 12.6. The van der Waals surface area contributed by atoms with Gasteiger partial charge in [0, 0.05) is 15.7 Å². The van der Waals surface area contributed by atoms with Gasteiger partial charge in [-0.25, -0.2) is 4.79 Å². The van der Waals surface area contributed by atoms with Crippen LogP contribution in [0.15, 0.2) is 54.6 Å². The first-order chi connectivity index (χ1) is 14.4. The first-order valence-corrected chi connectivity index (χ1v) is 10.7. The summed E-state index contributed by atoms with van der Waals surface area (Å²) in [5.74, 6) is -1.00. The fourth-order valence-corrected chi connectivity index (χ4v) is 5.26. The van der Waals surface area contributed by atoms with Crippen LogP contribution in [0, 0.1) is 13.8 Å². The van der Waals surface area contributed by atoms with Crippen LogP contribution in [0.4, 0.5) is 4.79 Å². The number of ether oxygens (including phenoxy) is 1. The fourth-order valence-electron chi connectivity index (χ4n) is 4.17. The molecule has 1 aromatic heterocycles. The van der Waals surface area contributed by atoms with Crippen molar-refractivity contribution in [2.45, 2.75) is 32.2 Å². The molecular weight excluding hydrogens is 398 g/mol. The minimum absolute atomic E-state index is 0.0354.